The molecule has 1 aliphatic rings. The molecule has 0 aromatic heterocycles. The number of aliphatic hydroxyl groups is 4. The van der Waals surface area contributed by atoms with Crippen molar-refractivity contribution >= 4 is 9.52 Å². The van der Waals surface area contributed by atoms with E-state index in [1.54, 1.807) is 0 Å². The van der Waals surface area contributed by atoms with Gasteiger partial charge in [0.25, 0.3) is 5.97 Å². The SMILES string of the molecule is OC([SiH2]C1CCCCO1)C(O)(O)O. The molecule has 0 spiro atoms. The van der Waals surface area contributed by atoms with Crippen LogP contribution >= 0.6 is 0 Å². The molecule has 1 rings (SSSR count). The van der Waals surface area contributed by atoms with Crippen LogP contribution in [0.15, 0.2) is 0 Å². The van der Waals surface area contributed by atoms with Crippen molar-refractivity contribution in [2.24, 2.45) is 0 Å². The maximum Gasteiger partial charge on any atom is 0.299 e. The molecule has 1 fully saturated rings. The molecular weight excluding hydrogens is 192 g/mol. The van der Waals surface area contributed by atoms with E-state index in [9.17, 15) is 0 Å². The normalized spacial score (nSPS) is 28.2. The fourth-order valence-electron chi connectivity index (χ4n) is 1.40. The molecule has 78 valence electrons. The van der Waals surface area contributed by atoms with Gasteiger partial charge in [0.1, 0.15) is 15.2 Å². The summed E-state index contributed by atoms with van der Waals surface area (Å²) in [6.45, 7) is 0.666. The maximum absolute atomic E-state index is 9.17. The number of aliphatic hydroxyl groups excluding tert-OH is 1. The van der Waals surface area contributed by atoms with Gasteiger partial charge in [-0.15, -0.1) is 0 Å². The van der Waals surface area contributed by atoms with Gasteiger partial charge in [-0.3, -0.25) is 0 Å². The summed E-state index contributed by atoms with van der Waals surface area (Å²) in [6, 6.07) is 0. The Labute approximate surface area is 78.8 Å². The average Bonchev–Trinajstić information content (AvgIpc) is 2.04. The Morgan fingerprint density at radius 2 is 2.00 bits per heavy atom. The molecule has 0 radical (unpaired) electrons. The summed E-state index contributed by atoms with van der Waals surface area (Å²) in [5, 5.41) is 35.1. The fraction of sp³-hybridized carbons (Fsp3) is 1.00. The molecule has 0 bridgehead atoms. The zero-order valence-electron chi connectivity index (χ0n) is 7.39. The number of ether oxygens (including phenoxy) is 1. The van der Waals surface area contributed by atoms with E-state index in [-0.39, 0.29) is 5.73 Å². The standard InChI is InChI=1S/C7H16O5Si/c8-6(7(9,10)11)13-5-3-1-2-4-12-5/h5-6,8-11H,1-4,13H2. The smallest absolute Gasteiger partial charge is 0.299 e. The zero-order valence-corrected chi connectivity index (χ0v) is 8.80. The van der Waals surface area contributed by atoms with Gasteiger partial charge >= 0.3 is 0 Å². The largest absolute Gasteiger partial charge is 0.389 e. The van der Waals surface area contributed by atoms with Crippen LogP contribution in [0.1, 0.15) is 19.3 Å². The molecule has 13 heavy (non-hydrogen) atoms. The highest BCUT2D eigenvalue weighted by atomic mass is 28.2. The van der Waals surface area contributed by atoms with Crippen molar-refractivity contribution in [1.82, 2.24) is 0 Å². The van der Waals surface area contributed by atoms with Gasteiger partial charge in [0.2, 0.25) is 0 Å². The van der Waals surface area contributed by atoms with E-state index in [1.807, 2.05) is 0 Å². The zero-order chi connectivity index (χ0) is 9.90. The average molecular weight is 208 g/mol. The highest BCUT2D eigenvalue weighted by molar-refractivity contribution is 6.39. The second kappa shape index (κ2) is 4.49. The van der Waals surface area contributed by atoms with E-state index in [2.05, 4.69) is 0 Å². The van der Waals surface area contributed by atoms with Crippen molar-refractivity contribution in [2.75, 3.05) is 6.61 Å². The van der Waals surface area contributed by atoms with Crippen molar-refractivity contribution in [3.63, 3.8) is 0 Å². The Morgan fingerprint density at radius 1 is 1.31 bits per heavy atom. The Hall–Kier alpha value is 0.0169. The molecule has 1 heterocycles. The molecule has 0 aromatic rings. The van der Waals surface area contributed by atoms with Crippen LogP contribution < -0.4 is 0 Å². The fourth-order valence-corrected chi connectivity index (χ4v) is 3.04. The van der Waals surface area contributed by atoms with Gasteiger partial charge in [-0.25, -0.2) is 0 Å². The van der Waals surface area contributed by atoms with Gasteiger partial charge in [0, 0.05) is 12.3 Å². The second-order valence-corrected chi connectivity index (χ2v) is 5.58. The first-order chi connectivity index (χ1) is 6.00. The van der Waals surface area contributed by atoms with Gasteiger partial charge in [-0.1, -0.05) is 0 Å². The third-order valence-corrected chi connectivity index (χ3v) is 4.37. The van der Waals surface area contributed by atoms with E-state index in [4.69, 9.17) is 25.2 Å². The van der Waals surface area contributed by atoms with Gasteiger partial charge in [-0.05, 0) is 19.3 Å². The molecule has 2 unspecified atom stereocenters. The minimum Gasteiger partial charge on any atom is -0.389 e. The predicted octanol–water partition coefficient (Wildman–Crippen LogP) is -2.37. The molecule has 0 saturated carbocycles. The van der Waals surface area contributed by atoms with Gasteiger partial charge < -0.3 is 25.2 Å². The van der Waals surface area contributed by atoms with Crippen molar-refractivity contribution < 1.29 is 25.2 Å². The third-order valence-electron chi connectivity index (χ3n) is 2.21. The molecule has 0 aromatic carbocycles. The molecule has 5 nitrogen and oxygen atoms in total. The Kier molecular flexibility index (Phi) is 3.83. The van der Waals surface area contributed by atoms with Crippen LogP contribution in [0, 0.1) is 0 Å². The number of hydrogen-bond acceptors (Lipinski definition) is 5. The lowest BCUT2D eigenvalue weighted by Gasteiger charge is -2.27. The molecule has 4 N–H and O–H groups in total. The first kappa shape index (κ1) is 11.1. The summed E-state index contributed by atoms with van der Waals surface area (Å²) in [4.78, 5) is 0. The minimum atomic E-state index is -2.95. The molecular formula is C7H16O5Si. The summed E-state index contributed by atoms with van der Waals surface area (Å²) < 4.78 is 5.31. The molecule has 0 amide bonds. The number of hydrogen-bond donors (Lipinski definition) is 4. The maximum atomic E-state index is 9.17. The molecule has 0 aliphatic carbocycles. The van der Waals surface area contributed by atoms with E-state index in [0.717, 1.165) is 19.3 Å². The van der Waals surface area contributed by atoms with Gasteiger partial charge in [-0.2, -0.15) is 0 Å². The minimum absolute atomic E-state index is 0.0467. The molecule has 2 atom stereocenters. The lowest BCUT2D eigenvalue weighted by molar-refractivity contribution is -0.338. The lowest BCUT2D eigenvalue weighted by Crippen LogP contribution is -2.49. The van der Waals surface area contributed by atoms with Crippen LogP contribution in [0.4, 0.5) is 0 Å². The van der Waals surface area contributed by atoms with Crippen LogP contribution in [-0.2, 0) is 4.74 Å². The van der Waals surface area contributed by atoms with Crippen LogP contribution in [0.25, 0.3) is 0 Å². The van der Waals surface area contributed by atoms with Crippen LogP contribution in [0.2, 0.25) is 0 Å². The predicted molar refractivity (Wildman–Crippen MR) is 47.5 cm³/mol. The highest BCUT2D eigenvalue weighted by Gasteiger charge is 2.33. The monoisotopic (exact) mass is 208 g/mol. The Morgan fingerprint density at radius 3 is 2.46 bits per heavy atom. The quantitative estimate of drug-likeness (QED) is 0.307. The van der Waals surface area contributed by atoms with Crippen LogP contribution in [-0.4, -0.2) is 54.0 Å². The molecule has 6 heteroatoms. The van der Waals surface area contributed by atoms with Gasteiger partial charge in [0.05, 0.1) is 0 Å². The first-order valence-corrected chi connectivity index (χ1v) is 6.10. The van der Waals surface area contributed by atoms with Crippen molar-refractivity contribution in [1.29, 1.82) is 0 Å². The topological polar surface area (TPSA) is 90.2 Å². The van der Waals surface area contributed by atoms with Crippen molar-refractivity contribution in [2.45, 2.75) is 36.7 Å². The summed E-state index contributed by atoms with van der Waals surface area (Å²) in [7, 11) is -1.23. The highest BCUT2D eigenvalue weighted by Crippen LogP contribution is 2.14. The Balaban J connectivity index is 2.30. The van der Waals surface area contributed by atoms with E-state index < -0.39 is 21.2 Å². The summed E-state index contributed by atoms with van der Waals surface area (Å²) >= 11 is 0. The summed E-state index contributed by atoms with van der Waals surface area (Å²) in [5.41, 5.74) is -1.48. The third kappa shape index (κ3) is 3.71. The Bertz CT molecular complexity index is 151. The lowest BCUT2D eigenvalue weighted by atomic mass is 10.2. The summed E-state index contributed by atoms with van der Waals surface area (Å²) in [6.07, 6.45) is 2.91. The molecule has 1 aliphatic heterocycles. The van der Waals surface area contributed by atoms with Crippen molar-refractivity contribution in [3.8, 4) is 0 Å². The first-order valence-electron chi connectivity index (χ1n) is 4.47. The summed E-state index contributed by atoms with van der Waals surface area (Å²) in [5.74, 6) is -2.95. The van der Waals surface area contributed by atoms with Crippen LogP contribution in [0.3, 0.4) is 0 Å². The molecule has 1 saturated heterocycles. The van der Waals surface area contributed by atoms with Crippen molar-refractivity contribution in [3.05, 3.63) is 0 Å². The van der Waals surface area contributed by atoms with E-state index in [1.165, 1.54) is 0 Å². The second-order valence-electron chi connectivity index (χ2n) is 3.43. The van der Waals surface area contributed by atoms with E-state index >= 15 is 0 Å². The van der Waals surface area contributed by atoms with Gasteiger partial charge in [0.15, 0.2) is 0 Å². The van der Waals surface area contributed by atoms with E-state index in [0.29, 0.717) is 6.61 Å². The number of rotatable bonds is 3. The van der Waals surface area contributed by atoms with Crippen LogP contribution in [0.5, 0.6) is 0 Å².